The van der Waals surface area contributed by atoms with Crippen LogP contribution in [0.15, 0.2) is 11.6 Å². The number of thiophene rings is 1. The molecule has 2 N–H and O–H groups in total. The predicted molar refractivity (Wildman–Crippen MR) is 80.6 cm³/mol. The van der Waals surface area contributed by atoms with Gasteiger partial charge in [-0.15, -0.1) is 11.3 Å². The Labute approximate surface area is 122 Å². The molecule has 1 aromatic heterocycles. The maximum absolute atomic E-state index is 12.0. The molecule has 0 fully saturated rings. The van der Waals surface area contributed by atoms with Crippen LogP contribution >= 0.6 is 11.3 Å². The Kier molecular flexibility index (Phi) is 4.60. The highest BCUT2D eigenvalue weighted by atomic mass is 32.1. The van der Waals surface area contributed by atoms with Gasteiger partial charge in [0, 0.05) is 11.3 Å². The largest absolute Gasteiger partial charge is 0.478 e. The summed E-state index contributed by atoms with van der Waals surface area (Å²) < 4.78 is 0. The highest BCUT2D eigenvalue weighted by Crippen LogP contribution is 2.32. The van der Waals surface area contributed by atoms with E-state index >= 15 is 0 Å². The van der Waals surface area contributed by atoms with Crippen LogP contribution in [-0.4, -0.2) is 17.0 Å². The van der Waals surface area contributed by atoms with Crippen molar-refractivity contribution in [2.45, 2.75) is 46.0 Å². The van der Waals surface area contributed by atoms with Crippen LogP contribution in [0.4, 0.5) is 5.00 Å². The van der Waals surface area contributed by atoms with Gasteiger partial charge in [0.2, 0.25) is 5.91 Å². The van der Waals surface area contributed by atoms with Crippen LogP contribution in [0.25, 0.3) is 0 Å². The van der Waals surface area contributed by atoms with Crippen LogP contribution in [0.2, 0.25) is 0 Å². The average molecular weight is 293 g/mol. The molecule has 20 heavy (non-hydrogen) atoms. The monoisotopic (exact) mass is 293 g/mol. The van der Waals surface area contributed by atoms with Crippen molar-refractivity contribution in [3.05, 3.63) is 27.7 Å². The van der Waals surface area contributed by atoms with Gasteiger partial charge in [0.1, 0.15) is 5.00 Å². The number of anilines is 1. The Morgan fingerprint density at radius 2 is 2.10 bits per heavy atom. The van der Waals surface area contributed by atoms with Gasteiger partial charge >= 0.3 is 5.97 Å². The molecular weight excluding hydrogens is 274 g/mol. The number of carbonyl (C=O) groups is 2. The Hall–Kier alpha value is -1.62. The Morgan fingerprint density at radius 1 is 1.35 bits per heavy atom. The van der Waals surface area contributed by atoms with E-state index in [1.54, 1.807) is 6.92 Å². The number of carboxylic acid groups (broad SMARTS) is 1. The van der Waals surface area contributed by atoms with Crippen LogP contribution in [0.5, 0.6) is 0 Å². The van der Waals surface area contributed by atoms with E-state index in [1.807, 2.05) is 6.92 Å². The zero-order valence-corrected chi connectivity index (χ0v) is 12.6. The summed E-state index contributed by atoms with van der Waals surface area (Å²) in [4.78, 5) is 24.2. The molecular formula is C15H19NO3S. The van der Waals surface area contributed by atoms with Crippen molar-refractivity contribution in [1.82, 2.24) is 0 Å². The molecule has 1 aliphatic rings. The van der Waals surface area contributed by atoms with Crippen molar-refractivity contribution >= 4 is 28.2 Å². The molecule has 0 bridgehead atoms. The van der Waals surface area contributed by atoms with Crippen molar-refractivity contribution in [3.63, 3.8) is 0 Å². The van der Waals surface area contributed by atoms with Crippen LogP contribution in [-0.2, 0) is 4.79 Å². The molecule has 0 aliphatic heterocycles. The SMILES string of the molecule is Cc1sc(NC(=O)CC2=CCCCC2)c(C(=O)O)c1C. The summed E-state index contributed by atoms with van der Waals surface area (Å²) in [6, 6.07) is 0. The number of amides is 1. The Bertz CT molecular complexity index is 572. The predicted octanol–water partition coefficient (Wildman–Crippen LogP) is 3.89. The van der Waals surface area contributed by atoms with Crippen molar-refractivity contribution in [2.24, 2.45) is 0 Å². The highest BCUT2D eigenvalue weighted by Gasteiger charge is 2.20. The first-order chi connectivity index (χ1) is 9.49. The lowest BCUT2D eigenvalue weighted by Gasteiger charge is -2.12. The quantitative estimate of drug-likeness (QED) is 0.828. The fourth-order valence-electron chi connectivity index (χ4n) is 2.41. The maximum atomic E-state index is 12.0. The standard InChI is InChI=1S/C15H19NO3S/c1-9-10(2)20-14(13(9)15(18)19)16-12(17)8-11-6-4-3-5-7-11/h6H,3-5,7-8H2,1-2H3,(H,16,17)(H,18,19). The number of carboxylic acids is 1. The van der Waals surface area contributed by atoms with Gasteiger partial charge in [0.05, 0.1) is 5.56 Å². The summed E-state index contributed by atoms with van der Waals surface area (Å²) >= 11 is 1.33. The second-order valence-corrected chi connectivity index (χ2v) is 6.35. The molecule has 0 aromatic carbocycles. The van der Waals surface area contributed by atoms with E-state index in [2.05, 4.69) is 11.4 Å². The fourth-order valence-corrected chi connectivity index (χ4v) is 3.48. The molecule has 2 rings (SSSR count). The van der Waals surface area contributed by atoms with Crippen molar-refractivity contribution in [3.8, 4) is 0 Å². The van der Waals surface area contributed by atoms with Crippen molar-refractivity contribution < 1.29 is 14.7 Å². The molecule has 1 amide bonds. The average Bonchev–Trinajstić information content (AvgIpc) is 2.65. The van der Waals surface area contributed by atoms with Gasteiger partial charge in [0.25, 0.3) is 0 Å². The molecule has 0 spiro atoms. The third-order valence-corrected chi connectivity index (χ3v) is 4.75. The van der Waals surface area contributed by atoms with E-state index < -0.39 is 5.97 Å². The number of nitrogens with one attached hydrogen (secondary N) is 1. The second kappa shape index (κ2) is 6.22. The summed E-state index contributed by atoms with van der Waals surface area (Å²) in [5.74, 6) is -1.11. The molecule has 1 aliphatic carbocycles. The van der Waals surface area contributed by atoms with E-state index in [9.17, 15) is 14.7 Å². The first kappa shape index (κ1) is 14.8. The summed E-state index contributed by atoms with van der Waals surface area (Å²) in [5, 5.41) is 12.4. The normalized spacial score (nSPS) is 14.8. The number of aryl methyl sites for hydroxylation is 1. The van der Waals surface area contributed by atoms with Gasteiger partial charge in [-0.25, -0.2) is 4.79 Å². The molecule has 1 heterocycles. The lowest BCUT2D eigenvalue weighted by Crippen LogP contribution is -2.14. The Morgan fingerprint density at radius 3 is 2.70 bits per heavy atom. The summed E-state index contributed by atoms with van der Waals surface area (Å²) in [6.07, 6.45) is 6.84. The minimum atomic E-state index is -0.987. The summed E-state index contributed by atoms with van der Waals surface area (Å²) in [6.45, 7) is 3.64. The first-order valence-electron chi connectivity index (χ1n) is 6.80. The molecule has 0 atom stereocenters. The summed E-state index contributed by atoms with van der Waals surface area (Å²) in [7, 11) is 0. The van der Waals surface area contributed by atoms with Crippen LogP contribution in [0.1, 0.15) is 52.9 Å². The Balaban J connectivity index is 2.09. The number of rotatable bonds is 4. The second-order valence-electron chi connectivity index (χ2n) is 5.13. The topological polar surface area (TPSA) is 66.4 Å². The minimum absolute atomic E-state index is 0.123. The van der Waals surface area contributed by atoms with Gasteiger partial charge in [-0.2, -0.15) is 0 Å². The number of allylic oxidation sites excluding steroid dienone is 1. The van der Waals surface area contributed by atoms with E-state index in [4.69, 9.17) is 0 Å². The van der Waals surface area contributed by atoms with Gasteiger partial charge in [-0.1, -0.05) is 11.6 Å². The van der Waals surface area contributed by atoms with E-state index in [1.165, 1.54) is 17.8 Å². The molecule has 0 radical (unpaired) electrons. The smallest absolute Gasteiger partial charge is 0.338 e. The maximum Gasteiger partial charge on any atom is 0.338 e. The molecule has 1 aromatic rings. The van der Waals surface area contributed by atoms with E-state index in [-0.39, 0.29) is 11.5 Å². The zero-order valence-electron chi connectivity index (χ0n) is 11.8. The minimum Gasteiger partial charge on any atom is -0.478 e. The van der Waals surface area contributed by atoms with E-state index in [0.29, 0.717) is 11.4 Å². The number of aromatic carboxylic acids is 1. The van der Waals surface area contributed by atoms with E-state index in [0.717, 1.165) is 35.3 Å². The fraction of sp³-hybridized carbons (Fsp3) is 0.467. The third kappa shape index (κ3) is 3.28. The lowest BCUT2D eigenvalue weighted by molar-refractivity contribution is -0.115. The summed E-state index contributed by atoms with van der Waals surface area (Å²) in [5.41, 5.74) is 2.11. The zero-order chi connectivity index (χ0) is 14.7. The number of carbonyl (C=O) groups excluding carboxylic acids is 1. The molecule has 0 saturated carbocycles. The van der Waals surface area contributed by atoms with Gasteiger partial charge < -0.3 is 10.4 Å². The van der Waals surface area contributed by atoms with Crippen molar-refractivity contribution in [1.29, 1.82) is 0 Å². The molecule has 5 heteroatoms. The highest BCUT2D eigenvalue weighted by molar-refractivity contribution is 7.16. The molecule has 0 unspecified atom stereocenters. The van der Waals surface area contributed by atoms with Crippen LogP contribution < -0.4 is 5.32 Å². The van der Waals surface area contributed by atoms with Crippen molar-refractivity contribution in [2.75, 3.05) is 5.32 Å². The number of hydrogen-bond acceptors (Lipinski definition) is 3. The van der Waals surface area contributed by atoms with Crippen LogP contribution in [0.3, 0.4) is 0 Å². The lowest BCUT2D eigenvalue weighted by atomic mass is 9.97. The van der Waals surface area contributed by atoms with Gasteiger partial charge in [0.15, 0.2) is 0 Å². The first-order valence-corrected chi connectivity index (χ1v) is 7.61. The molecule has 108 valence electrons. The van der Waals surface area contributed by atoms with Crippen LogP contribution in [0, 0.1) is 13.8 Å². The molecule has 0 saturated heterocycles. The number of hydrogen-bond donors (Lipinski definition) is 2. The van der Waals surface area contributed by atoms with Gasteiger partial charge in [-0.3, -0.25) is 4.79 Å². The van der Waals surface area contributed by atoms with Gasteiger partial charge in [-0.05, 0) is 45.1 Å². The third-order valence-electron chi connectivity index (χ3n) is 3.62. The molecule has 4 nitrogen and oxygen atoms in total.